The fourth-order valence-electron chi connectivity index (χ4n) is 4.30. The van der Waals surface area contributed by atoms with Gasteiger partial charge in [0.2, 0.25) is 0 Å². The maximum Gasteiger partial charge on any atom is 0.0498 e. The highest BCUT2D eigenvalue weighted by atomic mass is 14.5. The van der Waals surface area contributed by atoms with Crippen LogP contribution in [-0.4, -0.2) is 0 Å². The van der Waals surface area contributed by atoms with Crippen LogP contribution in [0.2, 0.25) is 0 Å². The molecule has 0 heterocycles. The van der Waals surface area contributed by atoms with E-state index in [4.69, 9.17) is 0 Å². The Labute approximate surface area is 130 Å². The van der Waals surface area contributed by atoms with Gasteiger partial charge < -0.3 is 0 Å². The van der Waals surface area contributed by atoms with Crippen LogP contribution in [0.1, 0.15) is 17.5 Å². The summed E-state index contributed by atoms with van der Waals surface area (Å²) >= 11 is 0. The standard InChI is InChI=1S/C22H16/c1-2-11-19-17(10-1)18-12-3-4-13-20(18)22-15-6-5-8-16(22)9-7-14-21(19)22/h1-14H,15H2. The van der Waals surface area contributed by atoms with Crippen molar-refractivity contribution < 1.29 is 0 Å². The van der Waals surface area contributed by atoms with Gasteiger partial charge >= 0.3 is 0 Å². The molecule has 0 aliphatic heterocycles. The molecule has 2 aromatic carbocycles. The molecule has 5 rings (SSSR count). The highest BCUT2D eigenvalue weighted by Gasteiger charge is 2.45. The van der Waals surface area contributed by atoms with Crippen LogP contribution in [0.5, 0.6) is 0 Å². The van der Waals surface area contributed by atoms with Gasteiger partial charge in [0.15, 0.2) is 0 Å². The lowest BCUT2D eigenvalue weighted by atomic mass is 9.57. The van der Waals surface area contributed by atoms with Gasteiger partial charge in [-0.2, -0.15) is 0 Å². The molecule has 0 saturated heterocycles. The maximum absolute atomic E-state index is 2.31. The summed E-state index contributed by atoms with van der Waals surface area (Å²) in [5.74, 6) is 0. The van der Waals surface area contributed by atoms with Gasteiger partial charge in [0, 0.05) is 5.41 Å². The van der Waals surface area contributed by atoms with E-state index in [1.165, 1.54) is 33.4 Å². The minimum absolute atomic E-state index is 0.00551. The van der Waals surface area contributed by atoms with Crippen LogP contribution in [0.25, 0.3) is 16.7 Å². The van der Waals surface area contributed by atoms with Crippen molar-refractivity contribution in [2.45, 2.75) is 11.8 Å². The SMILES string of the molecule is C1=CCC23C(=C1)C=CC=C2c1ccccc1-c1ccccc13. The van der Waals surface area contributed by atoms with Crippen LogP contribution in [0.15, 0.2) is 90.6 Å². The predicted molar refractivity (Wildman–Crippen MR) is 92.5 cm³/mol. The second-order valence-electron chi connectivity index (χ2n) is 6.19. The lowest BCUT2D eigenvalue weighted by Gasteiger charge is -2.45. The monoisotopic (exact) mass is 280 g/mol. The summed E-state index contributed by atoms with van der Waals surface area (Å²) in [5, 5.41) is 0. The molecule has 1 spiro atoms. The normalized spacial score (nSPS) is 23.6. The Morgan fingerprint density at radius 2 is 1.50 bits per heavy atom. The van der Waals surface area contributed by atoms with E-state index >= 15 is 0 Å². The first-order valence-corrected chi connectivity index (χ1v) is 7.87. The van der Waals surface area contributed by atoms with Gasteiger partial charge in [-0.3, -0.25) is 0 Å². The zero-order valence-electron chi connectivity index (χ0n) is 12.3. The second kappa shape index (κ2) is 4.20. The minimum atomic E-state index is -0.00551. The summed E-state index contributed by atoms with van der Waals surface area (Å²) in [6.45, 7) is 0. The van der Waals surface area contributed by atoms with Crippen molar-refractivity contribution in [1.82, 2.24) is 0 Å². The van der Waals surface area contributed by atoms with Crippen LogP contribution < -0.4 is 0 Å². The summed E-state index contributed by atoms with van der Waals surface area (Å²) in [5.41, 5.74) is 8.42. The molecule has 0 amide bonds. The van der Waals surface area contributed by atoms with Crippen LogP contribution in [0.4, 0.5) is 0 Å². The van der Waals surface area contributed by atoms with Crippen molar-refractivity contribution in [3.8, 4) is 11.1 Å². The van der Waals surface area contributed by atoms with Crippen LogP contribution in [0.3, 0.4) is 0 Å². The lowest BCUT2D eigenvalue weighted by Crippen LogP contribution is -2.35. The number of benzene rings is 2. The van der Waals surface area contributed by atoms with E-state index in [-0.39, 0.29) is 5.41 Å². The number of allylic oxidation sites excluding steroid dienone is 8. The van der Waals surface area contributed by atoms with E-state index in [1.54, 1.807) is 0 Å². The molecular weight excluding hydrogens is 264 g/mol. The fraction of sp³-hybridized carbons (Fsp3) is 0.0909. The minimum Gasteiger partial charge on any atom is -0.0830 e. The zero-order valence-corrected chi connectivity index (χ0v) is 12.3. The molecule has 0 aromatic heterocycles. The molecule has 104 valence electrons. The van der Waals surface area contributed by atoms with E-state index in [0.717, 1.165) is 6.42 Å². The summed E-state index contributed by atoms with van der Waals surface area (Å²) in [6.07, 6.45) is 14.6. The Hall–Kier alpha value is -2.60. The lowest BCUT2D eigenvalue weighted by molar-refractivity contribution is 0.659. The van der Waals surface area contributed by atoms with Gasteiger partial charge in [0.1, 0.15) is 0 Å². The molecule has 1 unspecified atom stereocenters. The number of rotatable bonds is 0. The summed E-state index contributed by atoms with van der Waals surface area (Å²) in [7, 11) is 0. The Morgan fingerprint density at radius 3 is 2.41 bits per heavy atom. The molecule has 0 fully saturated rings. The summed E-state index contributed by atoms with van der Waals surface area (Å²) in [6, 6.07) is 17.7. The number of hydrogen-bond acceptors (Lipinski definition) is 0. The molecule has 0 heteroatoms. The number of hydrogen-bond donors (Lipinski definition) is 0. The third-order valence-corrected chi connectivity index (χ3v) is 5.22. The van der Waals surface area contributed by atoms with Crippen molar-refractivity contribution in [3.63, 3.8) is 0 Å². The zero-order chi connectivity index (χ0) is 14.6. The topological polar surface area (TPSA) is 0 Å². The van der Waals surface area contributed by atoms with E-state index in [2.05, 4.69) is 85.0 Å². The van der Waals surface area contributed by atoms with Crippen LogP contribution >= 0.6 is 0 Å². The van der Waals surface area contributed by atoms with Crippen molar-refractivity contribution in [3.05, 3.63) is 102 Å². The molecule has 0 radical (unpaired) electrons. The molecule has 0 N–H and O–H groups in total. The second-order valence-corrected chi connectivity index (χ2v) is 6.19. The first-order chi connectivity index (χ1) is 10.9. The molecule has 22 heavy (non-hydrogen) atoms. The van der Waals surface area contributed by atoms with E-state index in [0.29, 0.717) is 0 Å². The van der Waals surface area contributed by atoms with E-state index in [1.807, 2.05) is 0 Å². The van der Waals surface area contributed by atoms with Gasteiger partial charge in [0.25, 0.3) is 0 Å². The Bertz CT molecular complexity index is 905. The highest BCUT2D eigenvalue weighted by Crippen LogP contribution is 2.57. The van der Waals surface area contributed by atoms with Gasteiger partial charge in [-0.1, -0.05) is 85.0 Å². The third-order valence-electron chi connectivity index (χ3n) is 5.22. The van der Waals surface area contributed by atoms with Crippen LogP contribution in [0, 0.1) is 0 Å². The van der Waals surface area contributed by atoms with E-state index in [9.17, 15) is 0 Å². The molecule has 3 aliphatic rings. The van der Waals surface area contributed by atoms with Crippen molar-refractivity contribution in [2.75, 3.05) is 0 Å². The quantitative estimate of drug-likeness (QED) is 0.602. The van der Waals surface area contributed by atoms with Gasteiger partial charge in [0.05, 0.1) is 0 Å². The molecule has 0 saturated carbocycles. The third kappa shape index (κ3) is 1.33. The Kier molecular flexibility index (Phi) is 2.29. The Balaban J connectivity index is 1.95. The Morgan fingerprint density at radius 1 is 0.727 bits per heavy atom. The van der Waals surface area contributed by atoms with Crippen molar-refractivity contribution in [1.29, 1.82) is 0 Å². The number of fused-ring (bicyclic) bond motifs is 4. The first-order valence-electron chi connectivity index (χ1n) is 7.87. The maximum atomic E-state index is 2.31. The predicted octanol–water partition coefficient (Wildman–Crippen LogP) is 5.44. The summed E-state index contributed by atoms with van der Waals surface area (Å²) in [4.78, 5) is 0. The largest absolute Gasteiger partial charge is 0.0830 e. The van der Waals surface area contributed by atoms with Gasteiger partial charge in [-0.25, -0.2) is 0 Å². The molecule has 3 aliphatic carbocycles. The van der Waals surface area contributed by atoms with E-state index < -0.39 is 0 Å². The summed E-state index contributed by atoms with van der Waals surface area (Å²) < 4.78 is 0. The highest BCUT2D eigenvalue weighted by molar-refractivity contribution is 5.97. The molecule has 2 aromatic rings. The molecule has 0 nitrogen and oxygen atoms in total. The fourth-order valence-corrected chi connectivity index (χ4v) is 4.30. The smallest absolute Gasteiger partial charge is 0.0498 e. The van der Waals surface area contributed by atoms with Crippen molar-refractivity contribution in [2.24, 2.45) is 0 Å². The first kappa shape index (κ1) is 12.0. The van der Waals surface area contributed by atoms with Gasteiger partial charge in [-0.05, 0) is 39.8 Å². The molecule has 1 atom stereocenters. The average Bonchev–Trinajstić information content (AvgIpc) is 2.61. The molecular formula is C22H16. The van der Waals surface area contributed by atoms with Crippen LogP contribution in [-0.2, 0) is 5.41 Å². The average molecular weight is 280 g/mol. The molecule has 0 bridgehead atoms. The van der Waals surface area contributed by atoms with Crippen molar-refractivity contribution >= 4 is 5.57 Å². The van der Waals surface area contributed by atoms with Gasteiger partial charge in [-0.15, -0.1) is 0 Å².